The van der Waals surface area contributed by atoms with Crippen molar-refractivity contribution in [3.8, 4) is 0 Å². The van der Waals surface area contributed by atoms with Gasteiger partial charge < -0.3 is 14.4 Å². The van der Waals surface area contributed by atoms with Gasteiger partial charge in [-0.25, -0.2) is 9.80 Å². The molecule has 4 amide bonds. The van der Waals surface area contributed by atoms with Crippen molar-refractivity contribution in [2.75, 3.05) is 13.1 Å². The Balaban J connectivity index is 2.67. The number of benzene rings is 2. The molecule has 10 nitrogen and oxygen atoms in total. The number of imide groups is 1. The van der Waals surface area contributed by atoms with Gasteiger partial charge in [0.25, 0.3) is 11.8 Å². The van der Waals surface area contributed by atoms with Crippen molar-refractivity contribution in [2.24, 2.45) is 5.41 Å². The first-order valence-electron chi connectivity index (χ1n) is 13.2. The lowest BCUT2D eigenvalue weighted by Crippen LogP contribution is -2.61. The third kappa shape index (κ3) is 8.53. The van der Waals surface area contributed by atoms with Crippen LogP contribution in [0.5, 0.6) is 0 Å². The van der Waals surface area contributed by atoms with E-state index in [0.29, 0.717) is 10.0 Å². The van der Waals surface area contributed by atoms with Gasteiger partial charge in [-0.05, 0) is 91.8 Å². The van der Waals surface area contributed by atoms with Gasteiger partial charge in [0.2, 0.25) is 0 Å². The van der Waals surface area contributed by atoms with Gasteiger partial charge in [-0.15, -0.1) is 5.01 Å². The van der Waals surface area contributed by atoms with Crippen molar-refractivity contribution in [1.82, 2.24) is 14.9 Å². The maximum absolute atomic E-state index is 13.9. The van der Waals surface area contributed by atoms with E-state index in [-0.39, 0.29) is 24.2 Å². The van der Waals surface area contributed by atoms with Gasteiger partial charge in [-0.3, -0.25) is 19.2 Å². The van der Waals surface area contributed by atoms with E-state index in [2.05, 4.69) is 0 Å². The Bertz CT molecular complexity index is 1250. The molecule has 2 rings (SSSR count). The van der Waals surface area contributed by atoms with E-state index in [1.165, 1.54) is 41.3 Å². The Hall–Kier alpha value is -3.92. The Morgan fingerprint density at radius 1 is 0.756 bits per heavy atom. The molecule has 1 atom stereocenters. The molecule has 0 aliphatic rings. The van der Waals surface area contributed by atoms with Crippen LogP contribution in [0.2, 0.25) is 5.02 Å². The lowest BCUT2D eigenvalue weighted by Gasteiger charge is -2.41. The summed E-state index contributed by atoms with van der Waals surface area (Å²) in [6, 6.07) is 13.8. The van der Waals surface area contributed by atoms with Crippen molar-refractivity contribution in [3.63, 3.8) is 0 Å². The molecule has 0 saturated carbocycles. The predicted octanol–water partition coefficient (Wildman–Crippen LogP) is 5.56. The Labute approximate surface area is 246 Å². The molecule has 0 heterocycles. The van der Waals surface area contributed by atoms with Gasteiger partial charge >= 0.3 is 24.3 Å². The average Bonchev–Trinajstić information content (AvgIpc) is 2.90. The van der Waals surface area contributed by atoms with Crippen molar-refractivity contribution >= 4 is 41.4 Å². The van der Waals surface area contributed by atoms with Gasteiger partial charge in [0.05, 0.1) is 11.0 Å². The van der Waals surface area contributed by atoms with E-state index in [0.717, 1.165) is 5.01 Å². The largest absolute Gasteiger partial charge is 0.440 e. The van der Waals surface area contributed by atoms with Gasteiger partial charge in [0, 0.05) is 29.2 Å². The van der Waals surface area contributed by atoms with Gasteiger partial charge in [0.15, 0.2) is 0 Å². The zero-order valence-electron chi connectivity index (χ0n) is 24.8. The molecule has 2 aromatic carbocycles. The third-order valence-corrected chi connectivity index (χ3v) is 6.07. The predicted molar refractivity (Wildman–Crippen MR) is 154 cm³/mol. The van der Waals surface area contributed by atoms with Crippen LogP contribution < -0.4 is 0 Å². The van der Waals surface area contributed by atoms with Crippen molar-refractivity contribution in [2.45, 2.75) is 67.2 Å². The topological polar surface area (TPSA) is 114 Å². The molecule has 0 saturated heterocycles. The molecule has 0 N–H and O–H groups in total. The number of hydrazine groups is 1. The molecule has 0 aromatic heterocycles. The van der Waals surface area contributed by atoms with Crippen LogP contribution in [-0.4, -0.2) is 69.6 Å². The second-order valence-corrected chi connectivity index (χ2v) is 11.6. The summed E-state index contributed by atoms with van der Waals surface area (Å²) in [5.41, 5.74) is -1.97. The molecule has 2 aromatic rings. The average molecular weight is 588 g/mol. The fraction of sp³-hybridized carbons (Fsp3) is 0.433. The number of hydrogen-bond acceptors (Lipinski definition) is 7. The molecule has 0 aliphatic heterocycles. The quantitative estimate of drug-likeness (QED) is 0.237. The molecule has 222 valence electrons. The summed E-state index contributed by atoms with van der Waals surface area (Å²) in [7, 11) is 0. The molecule has 0 aliphatic carbocycles. The zero-order valence-corrected chi connectivity index (χ0v) is 25.5. The molecule has 0 radical (unpaired) electrons. The smallest absolute Gasteiger partial charge is 0.415 e. The van der Waals surface area contributed by atoms with Crippen LogP contribution in [-0.2, 0) is 19.1 Å². The monoisotopic (exact) mass is 587 g/mol. The number of likely N-dealkylation sites (N-methyl/N-ethyl adjacent to an activating group) is 1. The summed E-state index contributed by atoms with van der Waals surface area (Å²) in [4.78, 5) is 69.0. The van der Waals surface area contributed by atoms with Crippen LogP contribution in [0.3, 0.4) is 0 Å². The van der Waals surface area contributed by atoms with Crippen LogP contribution in [0.1, 0.15) is 76.1 Å². The van der Waals surface area contributed by atoms with Crippen LogP contribution in [0.15, 0.2) is 54.6 Å². The maximum atomic E-state index is 13.9. The first-order chi connectivity index (χ1) is 19.0. The number of hydrogen-bond donors (Lipinski definition) is 0. The third-order valence-electron chi connectivity index (χ3n) is 5.82. The van der Waals surface area contributed by atoms with Crippen LogP contribution in [0.4, 0.5) is 4.79 Å². The molecule has 0 spiro atoms. The maximum Gasteiger partial charge on any atom is 0.440 e. The molecule has 11 heteroatoms. The summed E-state index contributed by atoms with van der Waals surface area (Å²) >= 11 is 6.00. The highest BCUT2D eigenvalue weighted by Gasteiger charge is 2.44. The Morgan fingerprint density at radius 3 is 1.73 bits per heavy atom. The zero-order chi connectivity index (χ0) is 31.1. The summed E-state index contributed by atoms with van der Waals surface area (Å²) in [5, 5.41) is 1.82. The minimum Gasteiger partial charge on any atom is -0.415 e. The van der Waals surface area contributed by atoms with Gasteiger partial charge in [0.1, 0.15) is 0 Å². The van der Waals surface area contributed by atoms with Crippen LogP contribution in [0, 0.1) is 5.41 Å². The second-order valence-electron chi connectivity index (χ2n) is 11.2. The van der Waals surface area contributed by atoms with Crippen molar-refractivity contribution in [3.05, 3.63) is 70.7 Å². The number of halogens is 1. The normalized spacial score (nSPS) is 12.1. The van der Waals surface area contributed by atoms with E-state index in [1.54, 1.807) is 73.6 Å². The first-order valence-corrected chi connectivity index (χ1v) is 13.6. The minimum absolute atomic E-state index is 0.0137. The Kier molecular flexibility index (Phi) is 11.1. The molecule has 0 bridgehead atoms. The number of ether oxygens (including phenoxy) is 2. The van der Waals surface area contributed by atoms with Gasteiger partial charge in [-0.1, -0.05) is 29.8 Å². The highest BCUT2D eigenvalue weighted by atomic mass is 35.5. The van der Waals surface area contributed by atoms with E-state index < -0.39 is 47.0 Å². The first kappa shape index (κ1) is 33.3. The summed E-state index contributed by atoms with van der Waals surface area (Å²) < 4.78 is 10.8. The molecule has 1 unspecified atom stereocenters. The number of esters is 1. The lowest BCUT2D eigenvalue weighted by molar-refractivity contribution is -0.191. The number of nitrogens with zero attached hydrogens (tertiary/aromatic N) is 3. The number of rotatable bonds is 7. The Morgan fingerprint density at radius 2 is 1.27 bits per heavy atom. The van der Waals surface area contributed by atoms with E-state index in [4.69, 9.17) is 21.1 Å². The van der Waals surface area contributed by atoms with Crippen LogP contribution >= 0.6 is 11.6 Å². The molecule has 41 heavy (non-hydrogen) atoms. The summed E-state index contributed by atoms with van der Waals surface area (Å²) in [5.74, 6) is -3.21. The molecule has 0 fully saturated rings. The summed E-state index contributed by atoms with van der Waals surface area (Å²) in [6.45, 7) is 13.5. The van der Waals surface area contributed by atoms with Crippen molar-refractivity contribution in [1.29, 1.82) is 0 Å². The minimum atomic E-state index is -2.01. The number of amides is 4. The molecular formula is C30H38ClN3O7. The summed E-state index contributed by atoms with van der Waals surface area (Å²) in [6.07, 6.45) is -3.40. The fourth-order valence-electron chi connectivity index (χ4n) is 3.59. The number of carbonyl (C=O) groups is 5. The second kappa shape index (κ2) is 13.6. The van der Waals surface area contributed by atoms with Gasteiger partial charge in [-0.2, -0.15) is 0 Å². The lowest BCUT2D eigenvalue weighted by atomic mass is 9.97. The van der Waals surface area contributed by atoms with Crippen molar-refractivity contribution < 1.29 is 33.4 Å². The highest BCUT2D eigenvalue weighted by molar-refractivity contribution is 6.30. The van der Waals surface area contributed by atoms with E-state index in [1.807, 2.05) is 0 Å². The van der Waals surface area contributed by atoms with E-state index in [9.17, 15) is 24.0 Å². The fourth-order valence-corrected chi connectivity index (χ4v) is 3.72. The van der Waals surface area contributed by atoms with E-state index >= 15 is 0 Å². The molecular weight excluding hydrogens is 550 g/mol. The SMILES string of the molecule is CCN(CC)C(=O)C(OC(=O)N(C(=O)c1ccc(Cl)cc1)N(C(=O)c1ccccc1)C(C)(C)C)OC(=O)C(C)(C)C. The number of carbonyl (C=O) groups excluding carboxylic acids is 5. The van der Waals surface area contributed by atoms with Crippen LogP contribution in [0.25, 0.3) is 0 Å². The standard InChI is InChI=1S/C30H38ClN3O7/c1-9-32(10-2)25(37)26(40-27(38)29(3,4)5)41-28(39)33(23(35)21-16-18-22(31)19-17-21)34(30(6,7)8)24(36)20-14-12-11-13-15-20/h11-19,26H,9-10H2,1-8H3. The highest BCUT2D eigenvalue weighted by Crippen LogP contribution is 2.25.